The standard InChI is InChI=1S/C21H28O8/c1-20(2,3)11-7-10(8-12(14(11)23)21(4,5)6)18(26)28-9-13(22)17-15(24)16(25)19(27)29-17/h7-8,13,16-17,22-23,25H,9H2,1-6H3. The van der Waals surface area contributed by atoms with Crippen molar-refractivity contribution in [2.24, 2.45) is 0 Å². The van der Waals surface area contributed by atoms with Crippen molar-refractivity contribution in [1.29, 1.82) is 0 Å². The molecule has 0 aliphatic carbocycles. The van der Waals surface area contributed by atoms with Crippen molar-refractivity contribution < 1.29 is 39.2 Å². The number of aliphatic hydroxyl groups is 2. The number of cyclic esters (lactones) is 1. The molecule has 1 aromatic rings. The first-order valence-electron chi connectivity index (χ1n) is 9.30. The third-order valence-corrected chi connectivity index (χ3v) is 4.71. The van der Waals surface area contributed by atoms with Gasteiger partial charge in [0.05, 0.1) is 5.56 Å². The highest BCUT2D eigenvalue weighted by Crippen LogP contribution is 2.39. The molecule has 1 aliphatic heterocycles. The molecule has 0 aromatic heterocycles. The number of carbonyl (C=O) groups excluding carboxylic acids is 3. The zero-order valence-electron chi connectivity index (χ0n) is 17.5. The molecular formula is C21H28O8. The smallest absolute Gasteiger partial charge is 0.343 e. The largest absolute Gasteiger partial charge is 0.507 e. The molecule has 3 atom stereocenters. The first-order chi connectivity index (χ1) is 13.1. The Bertz CT molecular complexity index is 793. The second kappa shape index (κ2) is 7.76. The van der Waals surface area contributed by atoms with Gasteiger partial charge in [0.1, 0.15) is 18.5 Å². The molecular weight excluding hydrogens is 380 g/mol. The van der Waals surface area contributed by atoms with E-state index in [0.29, 0.717) is 11.1 Å². The van der Waals surface area contributed by atoms with Crippen LogP contribution in [0, 0.1) is 0 Å². The lowest BCUT2D eigenvalue weighted by molar-refractivity contribution is -0.151. The summed E-state index contributed by atoms with van der Waals surface area (Å²) < 4.78 is 9.72. The molecule has 0 saturated carbocycles. The number of aromatic hydroxyl groups is 1. The van der Waals surface area contributed by atoms with Crippen LogP contribution in [-0.2, 0) is 29.9 Å². The summed E-state index contributed by atoms with van der Waals surface area (Å²) in [4.78, 5) is 35.5. The van der Waals surface area contributed by atoms with Crippen molar-refractivity contribution >= 4 is 17.7 Å². The van der Waals surface area contributed by atoms with Gasteiger partial charge in [-0.1, -0.05) is 41.5 Å². The minimum absolute atomic E-state index is 0.110. The number of hydrogen-bond donors (Lipinski definition) is 3. The second-order valence-electron chi connectivity index (χ2n) is 9.25. The van der Waals surface area contributed by atoms with E-state index in [4.69, 9.17) is 4.74 Å². The highest BCUT2D eigenvalue weighted by Gasteiger charge is 2.46. The van der Waals surface area contributed by atoms with Crippen LogP contribution in [0.2, 0.25) is 0 Å². The molecule has 29 heavy (non-hydrogen) atoms. The molecule has 0 bridgehead atoms. The Kier molecular flexibility index (Phi) is 6.11. The highest BCUT2D eigenvalue weighted by atomic mass is 16.6. The number of phenols is 1. The normalized spacial score (nSPS) is 21.1. The average molecular weight is 408 g/mol. The van der Waals surface area contributed by atoms with Crippen LogP contribution in [0.5, 0.6) is 5.75 Å². The molecule has 3 N–H and O–H groups in total. The van der Waals surface area contributed by atoms with Crippen LogP contribution >= 0.6 is 0 Å². The summed E-state index contributed by atoms with van der Waals surface area (Å²) in [7, 11) is 0. The maximum Gasteiger partial charge on any atom is 0.343 e. The van der Waals surface area contributed by atoms with Crippen molar-refractivity contribution in [3.63, 3.8) is 0 Å². The number of esters is 2. The molecule has 0 spiro atoms. The number of hydrogen-bond acceptors (Lipinski definition) is 8. The van der Waals surface area contributed by atoms with Crippen molar-refractivity contribution in [2.45, 2.75) is 70.7 Å². The maximum atomic E-state index is 12.6. The van der Waals surface area contributed by atoms with E-state index in [2.05, 4.69) is 4.74 Å². The number of carbonyl (C=O) groups is 3. The van der Waals surface area contributed by atoms with Gasteiger partial charge < -0.3 is 24.8 Å². The van der Waals surface area contributed by atoms with E-state index in [-0.39, 0.29) is 11.3 Å². The average Bonchev–Trinajstić information content (AvgIpc) is 2.85. The van der Waals surface area contributed by atoms with Crippen LogP contribution in [0.3, 0.4) is 0 Å². The van der Waals surface area contributed by atoms with Crippen molar-refractivity contribution in [1.82, 2.24) is 0 Å². The Morgan fingerprint density at radius 3 is 1.97 bits per heavy atom. The lowest BCUT2D eigenvalue weighted by Gasteiger charge is -2.28. The minimum Gasteiger partial charge on any atom is -0.507 e. The number of ketones is 1. The monoisotopic (exact) mass is 408 g/mol. The van der Waals surface area contributed by atoms with E-state index in [1.807, 2.05) is 41.5 Å². The summed E-state index contributed by atoms with van der Waals surface area (Å²) in [5.74, 6) is -2.78. The summed E-state index contributed by atoms with van der Waals surface area (Å²) in [6.45, 7) is 10.8. The molecule has 1 aromatic carbocycles. The number of benzene rings is 1. The number of rotatable bonds is 4. The quantitative estimate of drug-likeness (QED) is 0.503. The van der Waals surface area contributed by atoms with Crippen LogP contribution in [0.15, 0.2) is 12.1 Å². The summed E-state index contributed by atoms with van der Waals surface area (Å²) >= 11 is 0. The van der Waals surface area contributed by atoms with Crippen LogP contribution in [0.25, 0.3) is 0 Å². The van der Waals surface area contributed by atoms with Gasteiger partial charge in [0.15, 0.2) is 6.10 Å². The third kappa shape index (κ3) is 4.76. The molecule has 8 nitrogen and oxygen atoms in total. The molecule has 0 radical (unpaired) electrons. The van der Waals surface area contributed by atoms with Gasteiger partial charge in [0.2, 0.25) is 11.9 Å². The second-order valence-corrected chi connectivity index (χ2v) is 9.25. The zero-order valence-corrected chi connectivity index (χ0v) is 17.5. The number of aliphatic hydroxyl groups excluding tert-OH is 2. The Hall–Kier alpha value is -2.45. The molecule has 2 rings (SSSR count). The lowest BCUT2D eigenvalue weighted by atomic mass is 9.78. The Morgan fingerprint density at radius 2 is 1.59 bits per heavy atom. The Balaban J connectivity index is 2.24. The molecule has 1 fully saturated rings. The van der Waals surface area contributed by atoms with E-state index < -0.39 is 53.5 Å². The van der Waals surface area contributed by atoms with Crippen molar-refractivity contribution in [3.05, 3.63) is 28.8 Å². The predicted molar refractivity (Wildman–Crippen MR) is 103 cm³/mol. The zero-order chi connectivity index (χ0) is 22.3. The Labute approximate surface area is 169 Å². The SMILES string of the molecule is CC(C)(C)c1cc(C(=O)OCC(O)C2OC(=O)C(O)C2=O)cc(C(C)(C)C)c1O. The van der Waals surface area contributed by atoms with Crippen LogP contribution < -0.4 is 0 Å². The van der Waals surface area contributed by atoms with Crippen LogP contribution in [0.1, 0.15) is 63.0 Å². The van der Waals surface area contributed by atoms with Gasteiger partial charge in [-0.2, -0.15) is 0 Å². The van der Waals surface area contributed by atoms with Gasteiger partial charge >= 0.3 is 11.9 Å². The fraction of sp³-hybridized carbons (Fsp3) is 0.571. The van der Waals surface area contributed by atoms with E-state index in [0.717, 1.165) is 0 Å². The Morgan fingerprint density at radius 1 is 1.10 bits per heavy atom. The first-order valence-corrected chi connectivity index (χ1v) is 9.30. The van der Waals surface area contributed by atoms with Gasteiger partial charge in [-0.25, -0.2) is 9.59 Å². The molecule has 8 heteroatoms. The third-order valence-electron chi connectivity index (χ3n) is 4.71. The van der Waals surface area contributed by atoms with Gasteiger partial charge in [-0.15, -0.1) is 0 Å². The van der Waals surface area contributed by atoms with Gasteiger partial charge in [0, 0.05) is 11.1 Å². The lowest BCUT2D eigenvalue weighted by Crippen LogP contribution is -2.38. The van der Waals surface area contributed by atoms with Crippen LogP contribution in [0.4, 0.5) is 0 Å². The molecule has 0 amide bonds. The fourth-order valence-corrected chi connectivity index (χ4v) is 3.02. The number of Topliss-reactive ketones (excluding diaryl/α,β-unsaturated/α-hetero) is 1. The summed E-state index contributed by atoms with van der Waals surface area (Å²) in [6, 6.07) is 3.06. The summed E-state index contributed by atoms with van der Waals surface area (Å²) in [5, 5.41) is 30.1. The van der Waals surface area contributed by atoms with Gasteiger partial charge in [-0.05, 0) is 23.0 Å². The topological polar surface area (TPSA) is 130 Å². The summed E-state index contributed by atoms with van der Waals surface area (Å²) in [5.41, 5.74) is 0.432. The highest BCUT2D eigenvalue weighted by molar-refractivity contribution is 6.09. The van der Waals surface area contributed by atoms with E-state index in [1.54, 1.807) is 0 Å². The first kappa shape index (κ1) is 22.8. The van der Waals surface area contributed by atoms with E-state index in [1.165, 1.54) is 12.1 Å². The maximum absolute atomic E-state index is 12.6. The predicted octanol–water partition coefficient (Wildman–Crippen LogP) is 1.36. The minimum atomic E-state index is -1.94. The number of ether oxygens (including phenoxy) is 2. The van der Waals surface area contributed by atoms with Gasteiger partial charge in [0.25, 0.3) is 0 Å². The molecule has 160 valence electrons. The molecule has 3 unspecified atom stereocenters. The molecule has 1 saturated heterocycles. The van der Waals surface area contributed by atoms with Crippen molar-refractivity contribution in [3.8, 4) is 5.75 Å². The van der Waals surface area contributed by atoms with E-state index in [9.17, 15) is 29.7 Å². The fourth-order valence-electron chi connectivity index (χ4n) is 3.02. The molecule has 1 heterocycles. The van der Waals surface area contributed by atoms with E-state index >= 15 is 0 Å². The molecule has 1 aliphatic rings. The summed E-state index contributed by atoms with van der Waals surface area (Å²) in [6.07, 6.45) is -5.12. The van der Waals surface area contributed by atoms with Crippen LogP contribution in [-0.4, -0.2) is 58.0 Å². The van der Waals surface area contributed by atoms with Gasteiger partial charge in [-0.3, -0.25) is 4.79 Å². The van der Waals surface area contributed by atoms with Crippen molar-refractivity contribution in [2.75, 3.05) is 6.61 Å². The number of phenolic OH excluding ortho intramolecular Hbond substituents is 1.